The second-order valence-electron chi connectivity index (χ2n) is 4.75. The SMILES string of the molecule is CCc1cc(Br)ccc1C1(C(=O)O)CCCC1. The van der Waals surface area contributed by atoms with Crippen molar-refractivity contribution in [2.75, 3.05) is 0 Å². The lowest BCUT2D eigenvalue weighted by Crippen LogP contribution is -2.33. The molecule has 0 aromatic heterocycles. The Bertz CT molecular complexity index is 434. The molecule has 0 spiro atoms. The summed E-state index contributed by atoms with van der Waals surface area (Å²) in [6, 6.07) is 6.00. The van der Waals surface area contributed by atoms with Crippen molar-refractivity contribution < 1.29 is 9.90 Å². The van der Waals surface area contributed by atoms with Crippen LogP contribution in [0, 0.1) is 0 Å². The van der Waals surface area contributed by atoms with E-state index in [4.69, 9.17) is 0 Å². The first-order valence-corrected chi connectivity index (χ1v) is 6.92. The van der Waals surface area contributed by atoms with Gasteiger partial charge in [0.05, 0.1) is 5.41 Å². The molecule has 1 aliphatic carbocycles. The maximum atomic E-state index is 11.7. The summed E-state index contributed by atoms with van der Waals surface area (Å²) in [4.78, 5) is 11.7. The van der Waals surface area contributed by atoms with Gasteiger partial charge in [-0.2, -0.15) is 0 Å². The van der Waals surface area contributed by atoms with Crippen molar-refractivity contribution in [1.82, 2.24) is 0 Å². The van der Waals surface area contributed by atoms with E-state index in [1.165, 1.54) is 0 Å². The summed E-state index contributed by atoms with van der Waals surface area (Å²) < 4.78 is 1.02. The molecule has 0 heterocycles. The zero-order chi connectivity index (χ0) is 12.5. The average molecular weight is 297 g/mol. The molecule has 0 radical (unpaired) electrons. The summed E-state index contributed by atoms with van der Waals surface area (Å²) in [7, 11) is 0. The fraction of sp³-hybridized carbons (Fsp3) is 0.500. The number of aliphatic carboxylic acids is 1. The van der Waals surface area contributed by atoms with Crippen molar-refractivity contribution in [2.45, 2.75) is 44.4 Å². The Balaban J connectivity index is 2.54. The molecular formula is C14H17BrO2. The molecule has 92 valence electrons. The van der Waals surface area contributed by atoms with E-state index >= 15 is 0 Å². The highest BCUT2D eigenvalue weighted by atomic mass is 79.9. The summed E-state index contributed by atoms with van der Waals surface area (Å²) in [6.45, 7) is 2.08. The highest BCUT2D eigenvalue weighted by Gasteiger charge is 2.43. The Morgan fingerprint density at radius 2 is 2.06 bits per heavy atom. The summed E-state index contributed by atoms with van der Waals surface area (Å²) in [5, 5.41) is 9.59. The molecule has 1 saturated carbocycles. The third-order valence-corrected chi connectivity index (χ3v) is 4.32. The van der Waals surface area contributed by atoms with Crippen molar-refractivity contribution in [3.8, 4) is 0 Å². The van der Waals surface area contributed by atoms with E-state index in [1.807, 2.05) is 12.1 Å². The molecule has 1 aromatic carbocycles. The first-order valence-electron chi connectivity index (χ1n) is 6.12. The van der Waals surface area contributed by atoms with E-state index in [-0.39, 0.29) is 0 Å². The maximum Gasteiger partial charge on any atom is 0.314 e. The van der Waals surface area contributed by atoms with Gasteiger partial charge in [-0.15, -0.1) is 0 Å². The lowest BCUT2D eigenvalue weighted by Gasteiger charge is -2.27. The van der Waals surface area contributed by atoms with E-state index < -0.39 is 11.4 Å². The van der Waals surface area contributed by atoms with Crippen molar-refractivity contribution in [2.24, 2.45) is 0 Å². The Morgan fingerprint density at radius 3 is 2.59 bits per heavy atom. The second-order valence-corrected chi connectivity index (χ2v) is 5.67. The highest BCUT2D eigenvalue weighted by molar-refractivity contribution is 9.10. The zero-order valence-corrected chi connectivity index (χ0v) is 11.6. The Morgan fingerprint density at radius 1 is 1.41 bits per heavy atom. The number of rotatable bonds is 3. The van der Waals surface area contributed by atoms with Crippen LogP contribution in [0.3, 0.4) is 0 Å². The number of halogens is 1. The van der Waals surface area contributed by atoms with Gasteiger partial charge in [0.1, 0.15) is 0 Å². The van der Waals surface area contributed by atoms with Gasteiger partial charge in [0.25, 0.3) is 0 Å². The van der Waals surface area contributed by atoms with Crippen molar-refractivity contribution >= 4 is 21.9 Å². The lowest BCUT2D eigenvalue weighted by atomic mass is 9.76. The number of carbonyl (C=O) groups is 1. The Labute approximate surface area is 110 Å². The van der Waals surface area contributed by atoms with Crippen LogP contribution in [-0.4, -0.2) is 11.1 Å². The molecule has 0 aliphatic heterocycles. The monoisotopic (exact) mass is 296 g/mol. The fourth-order valence-corrected chi connectivity index (χ4v) is 3.31. The minimum absolute atomic E-state index is 0.633. The lowest BCUT2D eigenvalue weighted by molar-refractivity contribution is -0.143. The standard InChI is InChI=1S/C14H17BrO2/c1-2-10-9-11(15)5-6-12(10)14(13(16)17)7-3-4-8-14/h5-6,9H,2-4,7-8H2,1H3,(H,16,17). The van der Waals surface area contributed by atoms with Gasteiger partial charge in [-0.3, -0.25) is 4.79 Å². The number of carboxylic acids is 1. The van der Waals surface area contributed by atoms with Gasteiger partial charge < -0.3 is 5.11 Å². The van der Waals surface area contributed by atoms with Crippen LogP contribution in [0.5, 0.6) is 0 Å². The predicted octanol–water partition coefficient (Wildman–Crippen LogP) is 3.91. The van der Waals surface area contributed by atoms with Crippen LogP contribution in [0.1, 0.15) is 43.7 Å². The molecule has 0 atom stereocenters. The first kappa shape index (κ1) is 12.6. The second kappa shape index (κ2) is 4.81. The van der Waals surface area contributed by atoms with Gasteiger partial charge in [0.15, 0.2) is 0 Å². The highest BCUT2D eigenvalue weighted by Crippen LogP contribution is 2.43. The summed E-state index contributed by atoms with van der Waals surface area (Å²) in [6.07, 6.45) is 4.47. The molecule has 0 saturated heterocycles. The molecular weight excluding hydrogens is 280 g/mol. The normalized spacial score (nSPS) is 18.2. The predicted molar refractivity (Wildman–Crippen MR) is 71.3 cm³/mol. The molecule has 1 aliphatic rings. The molecule has 3 heteroatoms. The number of hydrogen-bond donors (Lipinski definition) is 1. The minimum atomic E-state index is -0.660. The van der Waals surface area contributed by atoms with E-state index in [2.05, 4.69) is 28.9 Å². The van der Waals surface area contributed by atoms with Crippen molar-refractivity contribution in [1.29, 1.82) is 0 Å². The van der Waals surface area contributed by atoms with Gasteiger partial charge in [0, 0.05) is 4.47 Å². The Hall–Kier alpha value is -0.830. The minimum Gasteiger partial charge on any atom is -0.481 e. The molecule has 1 fully saturated rings. The first-order chi connectivity index (χ1) is 8.10. The molecule has 1 N–H and O–H groups in total. The summed E-state index contributed by atoms with van der Waals surface area (Å²) in [5.74, 6) is -0.660. The van der Waals surface area contributed by atoms with Gasteiger partial charge in [-0.1, -0.05) is 41.8 Å². The van der Waals surface area contributed by atoms with Gasteiger partial charge in [-0.05, 0) is 42.5 Å². The molecule has 0 bridgehead atoms. The van der Waals surface area contributed by atoms with Crippen LogP contribution in [0.15, 0.2) is 22.7 Å². The van der Waals surface area contributed by atoms with Crippen molar-refractivity contribution in [3.05, 3.63) is 33.8 Å². The molecule has 2 nitrogen and oxygen atoms in total. The van der Waals surface area contributed by atoms with Crippen LogP contribution in [0.25, 0.3) is 0 Å². The molecule has 1 aromatic rings. The number of benzene rings is 1. The largest absolute Gasteiger partial charge is 0.481 e. The quantitative estimate of drug-likeness (QED) is 0.918. The topological polar surface area (TPSA) is 37.3 Å². The fourth-order valence-electron chi connectivity index (χ4n) is 2.90. The van der Waals surface area contributed by atoms with Gasteiger partial charge in [-0.25, -0.2) is 0 Å². The average Bonchev–Trinajstić information content (AvgIpc) is 2.79. The zero-order valence-electron chi connectivity index (χ0n) is 10.0. The molecule has 2 rings (SSSR count). The van der Waals surface area contributed by atoms with E-state index in [9.17, 15) is 9.90 Å². The third kappa shape index (κ3) is 2.13. The molecule has 0 unspecified atom stereocenters. The van der Waals surface area contributed by atoms with Gasteiger partial charge in [0.2, 0.25) is 0 Å². The maximum absolute atomic E-state index is 11.7. The van der Waals surface area contributed by atoms with Crippen LogP contribution in [-0.2, 0) is 16.6 Å². The summed E-state index contributed by atoms with van der Waals surface area (Å²) in [5.41, 5.74) is 1.54. The smallest absolute Gasteiger partial charge is 0.314 e. The third-order valence-electron chi connectivity index (χ3n) is 3.83. The molecule has 0 amide bonds. The molecule has 17 heavy (non-hydrogen) atoms. The van der Waals surface area contributed by atoms with Crippen molar-refractivity contribution in [3.63, 3.8) is 0 Å². The Kier molecular flexibility index (Phi) is 3.57. The van der Waals surface area contributed by atoms with Crippen LogP contribution in [0.4, 0.5) is 0 Å². The van der Waals surface area contributed by atoms with Crippen LogP contribution < -0.4 is 0 Å². The van der Waals surface area contributed by atoms with E-state index in [0.29, 0.717) is 0 Å². The number of hydrogen-bond acceptors (Lipinski definition) is 1. The number of aryl methyl sites for hydroxylation is 1. The van der Waals surface area contributed by atoms with Gasteiger partial charge >= 0.3 is 5.97 Å². The van der Waals surface area contributed by atoms with E-state index in [1.54, 1.807) is 0 Å². The summed E-state index contributed by atoms with van der Waals surface area (Å²) >= 11 is 3.45. The van der Waals surface area contributed by atoms with Crippen LogP contribution in [0.2, 0.25) is 0 Å². The number of carboxylic acid groups (broad SMARTS) is 1. The van der Waals surface area contributed by atoms with Crippen LogP contribution >= 0.6 is 15.9 Å². The van der Waals surface area contributed by atoms with E-state index in [0.717, 1.165) is 47.7 Å².